The van der Waals surface area contributed by atoms with Crippen molar-refractivity contribution in [1.29, 1.82) is 0 Å². The normalized spacial score (nSPS) is 18.9. The fraction of sp³-hybridized carbons (Fsp3) is 0.400. The Morgan fingerprint density at radius 3 is 2.95 bits per heavy atom. The summed E-state index contributed by atoms with van der Waals surface area (Å²) in [7, 11) is 0. The van der Waals surface area contributed by atoms with Crippen LogP contribution >= 0.6 is 0 Å². The average molecular weight is 287 g/mol. The molecule has 1 N–H and O–H groups in total. The van der Waals surface area contributed by atoms with E-state index in [0.29, 0.717) is 30.8 Å². The quantitative estimate of drug-likeness (QED) is 0.883. The summed E-state index contributed by atoms with van der Waals surface area (Å²) >= 11 is 0. The summed E-state index contributed by atoms with van der Waals surface area (Å²) in [6, 6.07) is 7.27. The number of morpholine rings is 1. The molecular weight excluding hydrogens is 270 g/mol. The summed E-state index contributed by atoms with van der Waals surface area (Å²) in [6.45, 7) is 3.69. The summed E-state index contributed by atoms with van der Waals surface area (Å²) in [4.78, 5) is 26.0. The van der Waals surface area contributed by atoms with Gasteiger partial charge in [0.15, 0.2) is 0 Å². The van der Waals surface area contributed by atoms with Crippen LogP contribution in [0.2, 0.25) is 0 Å². The molecule has 1 aromatic heterocycles. The second-order valence-electron chi connectivity index (χ2n) is 5.23. The molecule has 2 aromatic rings. The molecule has 0 radical (unpaired) electrons. The molecule has 1 aliphatic rings. The molecule has 0 aliphatic carbocycles. The Bertz CT molecular complexity index is 725. The second kappa shape index (κ2) is 5.65. The molecule has 110 valence electrons. The van der Waals surface area contributed by atoms with Gasteiger partial charge in [-0.25, -0.2) is 5.10 Å². The van der Waals surface area contributed by atoms with Crippen molar-refractivity contribution >= 4 is 16.7 Å². The highest BCUT2D eigenvalue weighted by molar-refractivity contribution is 5.88. The first kappa shape index (κ1) is 13.8. The highest BCUT2D eigenvalue weighted by Crippen LogP contribution is 2.15. The van der Waals surface area contributed by atoms with Gasteiger partial charge in [-0.3, -0.25) is 9.59 Å². The van der Waals surface area contributed by atoms with E-state index in [2.05, 4.69) is 10.2 Å². The number of nitrogens with one attached hydrogen (secondary N) is 1. The molecule has 1 unspecified atom stereocenters. The lowest BCUT2D eigenvalue weighted by atomic mass is 10.1. The van der Waals surface area contributed by atoms with E-state index in [0.717, 1.165) is 5.39 Å². The predicted molar refractivity (Wildman–Crippen MR) is 78.1 cm³/mol. The maximum absolute atomic E-state index is 12.4. The van der Waals surface area contributed by atoms with Gasteiger partial charge in [0, 0.05) is 11.9 Å². The van der Waals surface area contributed by atoms with Crippen LogP contribution in [0.4, 0.5) is 0 Å². The number of benzene rings is 1. The van der Waals surface area contributed by atoms with Gasteiger partial charge in [-0.15, -0.1) is 0 Å². The van der Waals surface area contributed by atoms with E-state index in [9.17, 15) is 9.59 Å². The average Bonchev–Trinajstić information content (AvgIpc) is 2.51. The first-order chi connectivity index (χ1) is 10.2. The Morgan fingerprint density at radius 2 is 2.19 bits per heavy atom. The maximum atomic E-state index is 12.4. The van der Waals surface area contributed by atoms with E-state index < -0.39 is 0 Å². The molecule has 21 heavy (non-hydrogen) atoms. The lowest BCUT2D eigenvalue weighted by Crippen LogP contribution is -2.47. The molecule has 6 heteroatoms. The number of nitrogens with zero attached hydrogens (tertiary/aromatic N) is 2. The molecule has 1 atom stereocenters. The molecule has 3 rings (SSSR count). The number of aromatic amines is 1. The lowest BCUT2D eigenvalue weighted by Gasteiger charge is -2.33. The lowest BCUT2D eigenvalue weighted by molar-refractivity contribution is -0.138. The summed E-state index contributed by atoms with van der Waals surface area (Å²) in [6.07, 6.45) is 0.182. The van der Waals surface area contributed by atoms with Crippen LogP contribution in [0.15, 0.2) is 29.1 Å². The summed E-state index contributed by atoms with van der Waals surface area (Å²) < 4.78 is 5.34. The Balaban J connectivity index is 1.90. The summed E-state index contributed by atoms with van der Waals surface area (Å²) in [5.74, 6) is 0.00972. The minimum Gasteiger partial charge on any atom is -0.377 e. The molecule has 2 heterocycles. The fourth-order valence-corrected chi connectivity index (χ4v) is 2.65. The van der Waals surface area contributed by atoms with Crippen molar-refractivity contribution in [2.75, 3.05) is 19.8 Å². The van der Waals surface area contributed by atoms with Crippen LogP contribution in [-0.2, 0) is 16.0 Å². The van der Waals surface area contributed by atoms with Gasteiger partial charge in [0.1, 0.15) is 0 Å². The minimum atomic E-state index is -0.235. The number of ether oxygens (including phenoxy) is 1. The molecule has 0 spiro atoms. The van der Waals surface area contributed by atoms with Crippen LogP contribution in [0, 0.1) is 0 Å². The van der Waals surface area contributed by atoms with E-state index in [1.165, 1.54) is 0 Å². The monoisotopic (exact) mass is 287 g/mol. The zero-order chi connectivity index (χ0) is 14.8. The Morgan fingerprint density at radius 1 is 1.43 bits per heavy atom. The van der Waals surface area contributed by atoms with Crippen LogP contribution in [0.3, 0.4) is 0 Å². The van der Waals surface area contributed by atoms with E-state index in [1.807, 2.05) is 24.0 Å². The van der Waals surface area contributed by atoms with Crippen molar-refractivity contribution in [3.63, 3.8) is 0 Å². The van der Waals surface area contributed by atoms with Crippen LogP contribution in [0.1, 0.15) is 12.6 Å². The summed E-state index contributed by atoms with van der Waals surface area (Å²) in [5, 5.41) is 7.80. The minimum absolute atomic E-state index is 0.00972. The van der Waals surface area contributed by atoms with Crippen molar-refractivity contribution in [3.8, 4) is 0 Å². The number of H-pyrrole nitrogens is 1. The second-order valence-corrected chi connectivity index (χ2v) is 5.23. The van der Waals surface area contributed by atoms with Crippen molar-refractivity contribution in [2.45, 2.75) is 19.4 Å². The first-order valence-corrected chi connectivity index (χ1v) is 7.00. The van der Waals surface area contributed by atoms with Gasteiger partial charge in [-0.05, 0) is 13.0 Å². The molecule has 6 nitrogen and oxygen atoms in total. The number of rotatable bonds is 2. The number of carbonyl (C=O) groups excluding carboxylic acids is 1. The van der Waals surface area contributed by atoms with Crippen molar-refractivity contribution in [2.24, 2.45) is 0 Å². The van der Waals surface area contributed by atoms with Crippen LogP contribution in [0.25, 0.3) is 10.8 Å². The third-order valence-corrected chi connectivity index (χ3v) is 3.78. The molecule has 1 amide bonds. The molecule has 1 fully saturated rings. The van der Waals surface area contributed by atoms with Gasteiger partial charge < -0.3 is 9.64 Å². The largest absolute Gasteiger partial charge is 0.377 e. The van der Waals surface area contributed by atoms with E-state index in [4.69, 9.17) is 4.74 Å². The van der Waals surface area contributed by atoms with Gasteiger partial charge >= 0.3 is 0 Å². The fourth-order valence-electron chi connectivity index (χ4n) is 2.65. The maximum Gasteiger partial charge on any atom is 0.272 e. The highest BCUT2D eigenvalue weighted by atomic mass is 16.5. The Labute approximate surface area is 121 Å². The number of aromatic nitrogens is 2. The topological polar surface area (TPSA) is 75.3 Å². The third kappa shape index (κ3) is 2.67. The standard InChI is InChI=1S/C15H17N3O3/c1-10-9-21-7-6-18(10)14(19)8-13-11-4-2-3-5-12(11)15(20)17-16-13/h2-5,10H,6-9H2,1H3,(H,17,20). The molecule has 1 aromatic carbocycles. The number of amides is 1. The number of hydrogen-bond acceptors (Lipinski definition) is 4. The zero-order valence-electron chi connectivity index (χ0n) is 11.8. The highest BCUT2D eigenvalue weighted by Gasteiger charge is 2.24. The van der Waals surface area contributed by atoms with Gasteiger partial charge in [0.05, 0.1) is 36.8 Å². The Hall–Kier alpha value is -2.21. The smallest absolute Gasteiger partial charge is 0.272 e. The summed E-state index contributed by atoms with van der Waals surface area (Å²) in [5.41, 5.74) is 0.371. The van der Waals surface area contributed by atoms with Gasteiger partial charge in [-0.1, -0.05) is 18.2 Å². The molecule has 0 bridgehead atoms. The Kier molecular flexibility index (Phi) is 3.70. The van der Waals surface area contributed by atoms with Crippen LogP contribution < -0.4 is 5.56 Å². The molecular formula is C15H17N3O3. The van der Waals surface area contributed by atoms with Crippen molar-refractivity contribution in [3.05, 3.63) is 40.3 Å². The molecule has 1 saturated heterocycles. The first-order valence-electron chi connectivity index (χ1n) is 7.00. The molecule has 1 aliphatic heterocycles. The van der Waals surface area contributed by atoms with Crippen LogP contribution in [0.5, 0.6) is 0 Å². The number of fused-ring (bicyclic) bond motifs is 1. The van der Waals surface area contributed by atoms with Gasteiger partial charge in [0.2, 0.25) is 5.91 Å². The van der Waals surface area contributed by atoms with E-state index in [1.54, 1.807) is 12.1 Å². The van der Waals surface area contributed by atoms with Crippen molar-refractivity contribution in [1.82, 2.24) is 15.1 Å². The zero-order valence-corrected chi connectivity index (χ0v) is 11.8. The molecule has 0 saturated carbocycles. The van der Waals surface area contributed by atoms with Gasteiger partial charge in [0.25, 0.3) is 5.56 Å². The van der Waals surface area contributed by atoms with E-state index in [-0.39, 0.29) is 23.9 Å². The van der Waals surface area contributed by atoms with Crippen molar-refractivity contribution < 1.29 is 9.53 Å². The van der Waals surface area contributed by atoms with Crippen LogP contribution in [-0.4, -0.2) is 46.8 Å². The number of hydrogen-bond donors (Lipinski definition) is 1. The third-order valence-electron chi connectivity index (χ3n) is 3.78. The number of carbonyl (C=O) groups is 1. The SMILES string of the molecule is CC1COCCN1C(=O)Cc1n[nH]c(=O)c2ccccc12. The predicted octanol–water partition coefficient (Wildman–Crippen LogP) is 0.713. The van der Waals surface area contributed by atoms with Gasteiger partial charge in [-0.2, -0.15) is 5.10 Å². The van der Waals surface area contributed by atoms with E-state index >= 15 is 0 Å².